The first kappa shape index (κ1) is 19.5. The van der Waals surface area contributed by atoms with E-state index in [2.05, 4.69) is 5.32 Å². The van der Waals surface area contributed by atoms with Gasteiger partial charge in [-0.05, 0) is 35.9 Å². The molecule has 2 amide bonds. The van der Waals surface area contributed by atoms with Crippen LogP contribution in [0.5, 0.6) is 11.5 Å². The summed E-state index contributed by atoms with van der Waals surface area (Å²) in [5.74, 6) is -0.543. The van der Waals surface area contributed by atoms with Gasteiger partial charge in [-0.2, -0.15) is 0 Å². The zero-order chi connectivity index (χ0) is 20.8. The molecule has 0 spiro atoms. The molecule has 4 rings (SSSR count). The number of anilines is 1. The molecule has 0 radical (unpaired) electrons. The van der Waals surface area contributed by atoms with Crippen LogP contribution in [-0.4, -0.2) is 32.8 Å². The van der Waals surface area contributed by atoms with Gasteiger partial charge in [-0.1, -0.05) is 24.6 Å². The average molecular weight is 437 g/mol. The number of nitrogens with zero attached hydrogens (tertiary/aromatic N) is 1. The molecule has 1 saturated heterocycles. The number of amides is 2. The fourth-order valence-corrected chi connectivity index (χ4v) is 5.30. The smallest absolute Gasteiger partial charge is 0.253 e. The average Bonchev–Trinajstić information content (AvgIpc) is 3.20. The van der Waals surface area contributed by atoms with E-state index in [9.17, 15) is 18.0 Å². The lowest BCUT2D eigenvalue weighted by molar-refractivity contribution is -0.119. The maximum absolute atomic E-state index is 12.5. The minimum atomic E-state index is -3.74. The summed E-state index contributed by atoms with van der Waals surface area (Å²) in [4.78, 5) is 24.7. The molecule has 0 saturated carbocycles. The van der Waals surface area contributed by atoms with Crippen molar-refractivity contribution in [2.45, 2.75) is 13.5 Å². The van der Waals surface area contributed by atoms with Crippen molar-refractivity contribution >= 4 is 39.1 Å². The van der Waals surface area contributed by atoms with E-state index in [1.54, 1.807) is 19.1 Å². The van der Waals surface area contributed by atoms with E-state index >= 15 is 0 Å². The Hall–Kier alpha value is -2.78. The van der Waals surface area contributed by atoms with E-state index in [1.807, 2.05) is 6.07 Å². The van der Waals surface area contributed by atoms with Crippen molar-refractivity contribution in [3.8, 4) is 11.5 Å². The van der Waals surface area contributed by atoms with Gasteiger partial charge >= 0.3 is 0 Å². The SMILES string of the molecule is C[C@@H]1CS(=O)(=O)N(c2ccc(C(=O)NCc3ccc4c(c3)OCO4)c(Cl)c2)C1=O. The third kappa shape index (κ3) is 3.63. The Kier molecular flexibility index (Phi) is 4.87. The van der Waals surface area contributed by atoms with Gasteiger partial charge in [-0.3, -0.25) is 9.59 Å². The Bertz CT molecular complexity index is 1120. The van der Waals surface area contributed by atoms with Gasteiger partial charge in [0, 0.05) is 6.54 Å². The first-order chi connectivity index (χ1) is 13.8. The quantitative estimate of drug-likeness (QED) is 0.789. The molecule has 0 aliphatic carbocycles. The van der Waals surface area contributed by atoms with Crippen LogP contribution in [0.4, 0.5) is 5.69 Å². The van der Waals surface area contributed by atoms with Crippen molar-refractivity contribution in [1.29, 1.82) is 0 Å². The van der Waals surface area contributed by atoms with E-state index < -0.39 is 27.8 Å². The summed E-state index contributed by atoms with van der Waals surface area (Å²) in [5.41, 5.74) is 1.11. The lowest BCUT2D eigenvalue weighted by Crippen LogP contribution is -2.30. The molecule has 2 aliphatic heterocycles. The van der Waals surface area contributed by atoms with E-state index in [0.29, 0.717) is 11.5 Å². The monoisotopic (exact) mass is 436 g/mol. The number of hydrogen-bond acceptors (Lipinski definition) is 6. The largest absolute Gasteiger partial charge is 0.454 e. The molecule has 0 bridgehead atoms. The standard InChI is InChI=1S/C19H17ClN2O6S/c1-11-9-29(25,26)22(19(11)24)13-3-4-14(15(20)7-13)18(23)21-8-12-2-5-16-17(6-12)28-10-27-16/h2-7,11H,8-10H2,1H3,(H,21,23)/t11-/m1/s1. The second-order valence-corrected chi connectivity index (χ2v) is 9.09. The minimum absolute atomic E-state index is 0.0493. The molecule has 2 aromatic carbocycles. The zero-order valence-corrected chi connectivity index (χ0v) is 16.9. The Balaban J connectivity index is 1.49. The Labute approximate surface area is 172 Å². The van der Waals surface area contributed by atoms with Gasteiger partial charge in [-0.25, -0.2) is 12.7 Å². The van der Waals surface area contributed by atoms with E-state index in [-0.39, 0.29) is 35.4 Å². The number of hydrogen-bond donors (Lipinski definition) is 1. The maximum Gasteiger partial charge on any atom is 0.253 e. The first-order valence-corrected chi connectivity index (χ1v) is 10.8. The number of carbonyl (C=O) groups excluding carboxylic acids is 2. The highest BCUT2D eigenvalue weighted by molar-refractivity contribution is 7.94. The lowest BCUT2D eigenvalue weighted by Gasteiger charge is -2.16. The first-order valence-electron chi connectivity index (χ1n) is 8.79. The van der Waals surface area contributed by atoms with Crippen LogP contribution in [0.15, 0.2) is 36.4 Å². The van der Waals surface area contributed by atoms with Gasteiger partial charge < -0.3 is 14.8 Å². The minimum Gasteiger partial charge on any atom is -0.454 e. The number of rotatable bonds is 4. The van der Waals surface area contributed by atoms with Crippen LogP contribution in [-0.2, 0) is 21.4 Å². The predicted octanol–water partition coefficient (Wildman–Crippen LogP) is 2.31. The van der Waals surface area contributed by atoms with Crippen LogP contribution in [0, 0.1) is 5.92 Å². The normalized spacial score (nSPS) is 19.4. The fourth-order valence-electron chi connectivity index (χ4n) is 3.23. The van der Waals surface area contributed by atoms with Crippen molar-refractivity contribution < 1.29 is 27.5 Å². The molecular formula is C19H17ClN2O6S. The van der Waals surface area contributed by atoms with Gasteiger partial charge in [0.05, 0.1) is 27.9 Å². The number of halogens is 1. The van der Waals surface area contributed by atoms with Crippen LogP contribution < -0.4 is 19.1 Å². The third-order valence-electron chi connectivity index (χ3n) is 4.68. The number of nitrogens with one attached hydrogen (secondary N) is 1. The van der Waals surface area contributed by atoms with Crippen LogP contribution >= 0.6 is 11.6 Å². The van der Waals surface area contributed by atoms with E-state index in [0.717, 1.165) is 9.87 Å². The molecule has 2 aliphatic rings. The number of benzene rings is 2. The maximum atomic E-state index is 12.5. The van der Waals surface area contributed by atoms with Gasteiger partial charge in [-0.15, -0.1) is 0 Å². The number of sulfonamides is 1. The Morgan fingerprint density at radius 3 is 2.66 bits per heavy atom. The molecule has 1 fully saturated rings. The number of fused-ring (bicyclic) bond motifs is 1. The summed E-state index contributed by atoms with van der Waals surface area (Å²) in [6.07, 6.45) is 0. The highest BCUT2D eigenvalue weighted by atomic mass is 35.5. The summed E-state index contributed by atoms with van der Waals surface area (Å²) >= 11 is 6.21. The van der Waals surface area contributed by atoms with Crippen LogP contribution in [0.25, 0.3) is 0 Å². The van der Waals surface area contributed by atoms with E-state index in [1.165, 1.54) is 18.2 Å². The van der Waals surface area contributed by atoms with Gasteiger partial charge in [0.2, 0.25) is 22.7 Å². The van der Waals surface area contributed by atoms with Crippen molar-refractivity contribution in [2.24, 2.45) is 5.92 Å². The topological polar surface area (TPSA) is 102 Å². The van der Waals surface area contributed by atoms with Gasteiger partial charge in [0.25, 0.3) is 5.91 Å². The van der Waals surface area contributed by atoms with Crippen molar-refractivity contribution in [2.75, 3.05) is 16.9 Å². The fraction of sp³-hybridized carbons (Fsp3) is 0.263. The summed E-state index contributed by atoms with van der Waals surface area (Å²) in [7, 11) is -3.74. The Morgan fingerprint density at radius 2 is 1.97 bits per heavy atom. The van der Waals surface area contributed by atoms with Gasteiger partial charge in [0.1, 0.15) is 0 Å². The molecule has 2 heterocycles. The second kappa shape index (κ2) is 7.23. The number of carbonyl (C=O) groups is 2. The van der Waals surface area contributed by atoms with Gasteiger partial charge in [0.15, 0.2) is 11.5 Å². The summed E-state index contributed by atoms with van der Waals surface area (Å²) in [6.45, 7) is 1.96. The van der Waals surface area contributed by atoms with Crippen LogP contribution in [0.2, 0.25) is 5.02 Å². The lowest BCUT2D eigenvalue weighted by atomic mass is 10.1. The molecule has 0 aromatic heterocycles. The summed E-state index contributed by atoms with van der Waals surface area (Å²) in [6, 6.07) is 9.46. The molecule has 2 aromatic rings. The van der Waals surface area contributed by atoms with Crippen LogP contribution in [0.1, 0.15) is 22.8 Å². The molecule has 152 valence electrons. The van der Waals surface area contributed by atoms with Crippen LogP contribution in [0.3, 0.4) is 0 Å². The molecule has 10 heteroatoms. The molecule has 1 N–H and O–H groups in total. The predicted molar refractivity (Wildman–Crippen MR) is 106 cm³/mol. The highest BCUT2D eigenvalue weighted by Gasteiger charge is 2.42. The summed E-state index contributed by atoms with van der Waals surface area (Å²) in [5, 5.41) is 2.80. The molecule has 8 nitrogen and oxygen atoms in total. The second-order valence-electron chi connectivity index (χ2n) is 6.82. The van der Waals surface area contributed by atoms with Crippen molar-refractivity contribution in [1.82, 2.24) is 5.32 Å². The Morgan fingerprint density at radius 1 is 1.21 bits per heavy atom. The molecule has 29 heavy (non-hydrogen) atoms. The van der Waals surface area contributed by atoms with Crippen molar-refractivity contribution in [3.05, 3.63) is 52.5 Å². The van der Waals surface area contributed by atoms with E-state index in [4.69, 9.17) is 21.1 Å². The van der Waals surface area contributed by atoms with Crippen molar-refractivity contribution in [3.63, 3.8) is 0 Å². The zero-order valence-electron chi connectivity index (χ0n) is 15.3. The molecular weight excluding hydrogens is 420 g/mol. The number of ether oxygens (including phenoxy) is 2. The molecule has 0 unspecified atom stereocenters. The third-order valence-corrected chi connectivity index (χ3v) is 6.86. The summed E-state index contributed by atoms with van der Waals surface area (Å²) < 4.78 is 35.7. The highest BCUT2D eigenvalue weighted by Crippen LogP contribution is 2.33. The molecule has 1 atom stereocenters.